The zero-order valence-electron chi connectivity index (χ0n) is 12.5. The van der Waals surface area contributed by atoms with E-state index in [4.69, 9.17) is 0 Å². The van der Waals surface area contributed by atoms with Gasteiger partial charge in [-0.2, -0.15) is 0 Å². The van der Waals surface area contributed by atoms with Crippen molar-refractivity contribution in [1.29, 1.82) is 0 Å². The van der Waals surface area contributed by atoms with Crippen LogP contribution in [0.2, 0.25) is 0 Å². The Hall–Kier alpha value is 0. The minimum absolute atomic E-state index is 0.515. The Morgan fingerprint density at radius 1 is 1.00 bits per heavy atom. The number of fused-ring (bicyclic) bond motifs is 1. The van der Waals surface area contributed by atoms with Gasteiger partial charge in [0.05, 0.1) is 0 Å². The van der Waals surface area contributed by atoms with Crippen LogP contribution in [0.5, 0.6) is 0 Å². The Bertz CT molecular complexity index is 301. The van der Waals surface area contributed by atoms with Crippen molar-refractivity contribution in [2.24, 2.45) is 39.9 Å². The molecule has 0 spiro atoms. The third-order valence-electron chi connectivity index (χ3n) is 7.77. The summed E-state index contributed by atoms with van der Waals surface area (Å²) in [5.74, 6) is 3.54. The molecule has 0 heteroatoms. The zero-order chi connectivity index (χ0) is 12.5. The van der Waals surface area contributed by atoms with Crippen LogP contribution in [0.15, 0.2) is 0 Å². The molecular weight excluding hydrogens is 192 g/mol. The molecule has 0 aromatic heterocycles. The van der Waals surface area contributed by atoms with Gasteiger partial charge in [0.1, 0.15) is 0 Å². The maximum atomic E-state index is 2.58. The molecular formula is C16H30. The Balaban J connectivity index is 2.50. The van der Waals surface area contributed by atoms with E-state index in [2.05, 4.69) is 55.4 Å². The topological polar surface area (TPSA) is 0 Å². The second-order valence-corrected chi connectivity index (χ2v) is 7.89. The number of hydrogen-bond donors (Lipinski definition) is 0. The fourth-order valence-corrected chi connectivity index (χ4v) is 5.70. The minimum Gasteiger partial charge on any atom is -0.0622 e. The van der Waals surface area contributed by atoms with E-state index in [1.165, 1.54) is 6.42 Å². The van der Waals surface area contributed by atoms with E-state index < -0.39 is 0 Å². The van der Waals surface area contributed by atoms with Gasteiger partial charge in [0.15, 0.2) is 0 Å². The lowest BCUT2D eigenvalue weighted by molar-refractivity contribution is -0.218. The number of rotatable bonds is 1. The highest BCUT2D eigenvalue weighted by atomic mass is 14.8. The third kappa shape index (κ3) is 0.946. The van der Waals surface area contributed by atoms with Crippen molar-refractivity contribution < 1.29 is 0 Å². The smallest absolute Gasteiger partial charge is 0.0182 e. The van der Waals surface area contributed by atoms with Crippen LogP contribution in [-0.2, 0) is 0 Å². The molecule has 0 radical (unpaired) electrons. The molecule has 0 saturated heterocycles. The van der Waals surface area contributed by atoms with Crippen LogP contribution < -0.4 is 0 Å². The van der Waals surface area contributed by atoms with Crippen LogP contribution in [0.1, 0.15) is 61.8 Å². The summed E-state index contributed by atoms with van der Waals surface area (Å²) < 4.78 is 0. The molecule has 2 rings (SSSR count). The van der Waals surface area contributed by atoms with Gasteiger partial charge in [0.2, 0.25) is 0 Å². The van der Waals surface area contributed by atoms with Crippen molar-refractivity contribution in [2.45, 2.75) is 61.8 Å². The van der Waals surface area contributed by atoms with Crippen molar-refractivity contribution >= 4 is 0 Å². The third-order valence-corrected chi connectivity index (χ3v) is 7.77. The van der Waals surface area contributed by atoms with Gasteiger partial charge in [-0.05, 0) is 46.3 Å². The molecule has 2 fully saturated rings. The molecule has 5 atom stereocenters. The van der Waals surface area contributed by atoms with Crippen LogP contribution in [-0.4, -0.2) is 0 Å². The largest absolute Gasteiger partial charge is 0.0622 e. The summed E-state index contributed by atoms with van der Waals surface area (Å²) in [6.45, 7) is 20.0. The van der Waals surface area contributed by atoms with Crippen LogP contribution >= 0.6 is 0 Å². The van der Waals surface area contributed by atoms with Gasteiger partial charge in [0, 0.05) is 0 Å². The molecule has 0 aromatic carbocycles. The molecule has 5 unspecified atom stereocenters. The van der Waals surface area contributed by atoms with Crippen molar-refractivity contribution in [1.82, 2.24) is 0 Å². The lowest BCUT2D eigenvalue weighted by atomic mass is 9.35. The first-order chi connectivity index (χ1) is 7.11. The highest BCUT2D eigenvalue weighted by Crippen LogP contribution is 2.79. The second kappa shape index (κ2) is 3.06. The Kier molecular flexibility index (Phi) is 2.38. The summed E-state index contributed by atoms with van der Waals surface area (Å²) in [5, 5.41) is 0. The average Bonchev–Trinajstić information content (AvgIpc) is 2.39. The highest BCUT2D eigenvalue weighted by Gasteiger charge is 2.74. The molecule has 2 saturated carbocycles. The predicted octanol–water partition coefficient (Wildman–Crippen LogP) is 4.99. The van der Waals surface area contributed by atoms with E-state index >= 15 is 0 Å². The van der Waals surface area contributed by atoms with Crippen LogP contribution in [0.4, 0.5) is 0 Å². The van der Waals surface area contributed by atoms with E-state index in [0.29, 0.717) is 16.2 Å². The molecule has 0 aromatic rings. The van der Waals surface area contributed by atoms with Gasteiger partial charge in [-0.15, -0.1) is 0 Å². The summed E-state index contributed by atoms with van der Waals surface area (Å²) >= 11 is 0. The summed E-state index contributed by atoms with van der Waals surface area (Å²) in [6.07, 6.45) is 1.45. The lowest BCUT2D eigenvalue weighted by Gasteiger charge is -2.69. The molecule has 94 valence electrons. The van der Waals surface area contributed by atoms with E-state index in [-0.39, 0.29) is 0 Å². The van der Waals surface area contributed by atoms with Gasteiger partial charge in [0.25, 0.3) is 0 Å². The Morgan fingerprint density at radius 2 is 1.50 bits per heavy atom. The molecule has 0 nitrogen and oxygen atoms in total. The van der Waals surface area contributed by atoms with Crippen LogP contribution in [0, 0.1) is 39.9 Å². The fraction of sp³-hybridized carbons (Fsp3) is 1.00. The van der Waals surface area contributed by atoms with Crippen molar-refractivity contribution in [3.63, 3.8) is 0 Å². The van der Waals surface area contributed by atoms with E-state index in [1.54, 1.807) is 0 Å². The first-order valence-corrected chi connectivity index (χ1v) is 7.11. The second-order valence-electron chi connectivity index (χ2n) is 7.89. The standard InChI is InChI=1S/C16H30/c1-10(2)15(7)11(3)9-13-12(4)14(5,6)16(13,15)8/h10-13H,9H2,1-8H3. The summed E-state index contributed by atoms with van der Waals surface area (Å²) in [4.78, 5) is 0. The van der Waals surface area contributed by atoms with Crippen LogP contribution in [0.3, 0.4) is 0 Å². The summed E-state index contributed by atoms with van der Waals surface area (Å²) in [7, 11) is 0. The highest BCUT2D eigenvalue weighted by molar-refractivity contribution is 5.21. The normalized spacial score (nSPS) is 54.9. The van der Waals surface area contributed by atoms with Gasteiger partial charge >= 0.3 is 0 Å². The molecule has 16 heavy (non-hydrogen) atoms. The molecule has 0 aliphatic heterocycles. The summed E-state index contributed by atoms with van der Waals surface area (Å²) in [6, 6.07) is 0. The Morgan fingerprint density at radius 3 is 1.94 bits per heavy atom. The zero-order valence-corrected chi connectivity index (χ0v) is 12.5. The molecule has 0 heterocycles. The van der Waals surface area contributed by atoms with Gasteiger partial charge in [-0.3, -0.25) is 0 Å². The first-order valence-electron chi connectivity index (χ1n) is 7.11. The first kappa shape index (κ1) is 12.5. The molecule has 0 bridgehead atoms. The lowest BCUT2D eigenvalue weighted by Crippen LogP contribution is -2.64. The molecule has 2 aliphatic carbocycles. The predicted molar refractivity (Wildman–Crippen MR) is 71.3 cm³/mol. The van der Waals surface area contributed by atoms with E-state index in [9.17, 15) is 0 Å². The molecule has 2 aliphatic rings. The maximum Gasteiger partial charge on any atom is -0.0182 e. The van der Waals surface area contributed by atoms with Crippen molar-refractivity contribution in [3.8, 4) is 0 Å². The van der Waals surface area contributed by atoms with Gasteiger partial charge in [-0.1, -0.05) is 55.4 Å². The minimum atomic E-state index is 0.515. The van der Waals surface area contributed by atoms with E-state index in [0.717, 1.165) is 23.7 Å². The summed E-state index contributed by atoms with van der Waals surface area (Å²) in [5.41, 5.74) is 1.59. The van der Waals surface area contributed by atoms with Crippen LogP contribution in [0.25, 0.3) is 0 Å². The Labute approximate surface area is 102 Å². The monoisotopic (exact) mass is 222 g/mol. The SMILES string of the molecule is CC1C2CC(C)C(C)(C(C)C)C2(C)C1(C)C. The van der Waals surface area contributed by atoms with Gasteiger partial charge < -0.3 is 0 Å². The number of hydrogen-bond acceptors (Lipinski definition) is 0. The van der Waals surface area contributed by atoms with E-state index in [1.807, 2.05) is 0 Å². The quantitative estimate of drug-likeness (QED) is 0.586. The fourth-order valence-electron chi connectivity index (χ4n) is 5.70. The van der Waals surface area contributed by atoms with Crippen molar-refractivity contribution in [2.75, 3.05) is 0 Å². The molecule has 0 N–H and O–H groups in total. The average molecular weight is 222 g/mol. The maximum absolute atomic E-state index is 2.58. The molecule has 0 amide bonds. The van der Waals surface area contributed by atoms with Gasteiger partial charge in [-0.25, -0.2) is 0 Å². The van der Waals surface area contributed by atoms with Crippen molar-refractivity contribution in [3.05, 3.63) is 0 Å².